The molecule has 0 saturated carbocycles. The van der Waals surface area contributed by atoms with Crippen molar-refractivity contribution in [2.24, 2.45) is 5.41 Å². The van der Waals surface area contributed by atoms with Crippen LogP contribution in [-0.4, -0.2) is 29.8 Å². The fraction of sp³-hybridized carbons (Fsp3) is 0.562. The molecule has 1 fully saturated rings. The van der Waals surface area contributed by atoms with E-state index >= 15 is 0 Å². The highest BCUT2D eigenvalue weighted by atomic mass is 35.5. The molecule has 0 radical (unpaired) electrons. The van der Waals surface area contributed by atoms with Crippen molar-refractivity contribution >= 4 is 23.2 Å². The van der Waals surface area contributed by atoms with Gasteiger partial charge in [0.05, 0.1) is 5.41 Å². The highest BCUT2D eigenvalue weighted by Crippen LogP contribution is 2.21. The molecule has 1 saturated heterocycles. The van der Waals surface area contributed by atoms with Crippen molar-refractivity contribution in [3.8, 4) is 0 Å². The third kappa shape index (κ3) is 3.97. The maximum atomic E-state index is 12.0. The lowest BCUT2D eigenvalue weighted by atomic mass is 9.95. The predicted molar refractivity (Wildman–Crippen MR) is 84.1 cm³/mol. The largest absolute Gasteiger partial charge is 0.326 e. The summed E-state index contributed by atoms with van der Waals surface area (Å²) in [5, 5.41) is 2.92. The van der Waals surface area contributed by atoms with Crippen LogP contribution in [0.2, 0.25) is 0 Å². The normalized spacial score (nSPS) is 16.4. The lowest BCUT2D eigenvalue weighted by molar-refractivity contribution is -0.122. The average Bonchev–Trinajstić information content (AvgIpc) is 2.94. The van der Waals surface area contributed by atoms with Crippen LogP contribution in [0, 0.1) is 5.41 Å². The van der Waals surface area contributed by atoms with E-state index in [1.807, 2.05) is 26.0 Å². The number of nitrogens with one attached hydrogen (secondary N) is 1. The second kappa shape index (κ2) is 6.59. The summed E-state index contributed by atoms with van der Waals surface area (Å²) in [6, 6.07) is 8.10. The number of rotatable bonds is 5. The zero-order valence-electron chi connectivity index (χ0n) is 12.3. The van der Waals surface area contributed by atoms with Gasteiger partial charge in [0.25, 0.3) is 0 Å². The van der Waals surface area contributed by atoms with E-state index in [-0.39, 0.29) is 5.91 Å². The Hall–Kier alpha value is -1.06. The van der Waals surface area contributed by atoms with E-state index in [1.165, 1.54) is 31.5 Å². The summed E-state index contributed by atoms with van der Waals surface area (Å²) in [6.45, 7) is 7.08. The Morgan fingerprint density at radius 3 is 2.40 bits per heavy atom. The Balaban J connectivity index is 1.92. The molecule has 0 aliphatic carbocycles. The predicted octanol–water partition coefficient (Wildman–Crippen LogP) is 3.49. The number of likely N-dealkylation sites (tertiary alicyclic amines) is 1. The molecule has 4 heteroatoms. The minimum Gasteiger partial charge on any atom is -0.326 e. The SMILES string of the molecule is CC(C)(CCl)C(=O)Nc1ccc(CN2CCCC2)cc1. The second-order valence-electron chi connectivity index (χ2n) is 6.15. The van der Waals surface area contributed by atoms with Gasteiger partial charge in [-0.05, 0) is 57.5 Å². The first-order valence-electron chi connectivity index (χ1n) is 7.20. The maximum absolute atomic E-state index is 12.0. The number of halogens is 1. The summed E-state index contributed by atoms with van der Waals surface area (Å²) < 4.78 is 0. The standard InChI is InChI=1S/C16H23ClN2O/c1-16(2,12-17)15(20)18-14-7-5-13(6-8-14)11-19-9-3-4-10-19/h5-8H,3-4,9-12H2,1-2H3,(H,18,20). The maximum Gasteiger partial charge on any atom is 0.231 e. The Labute approximate surface area is 126 Å². The molecule has 2 rings (SSSR count). The first kappa shape index (κ1) is 15.3. The number of anilines is 1. The van der Waals surface area contributed by atoms with Gasteiger partial charge in [0.1, 0.15) is 0 Å². The van der Waals surface area contributed by atoms with Crippen LogP contribution in [-0.2, 0) is 11.3 Å². The number of hydrogen-bond donors (Lipinski definition) is 1. The van der Waals surface area contributed by atoms with Crippen molar-refractivity contribution in [3.63, 3.8) is 0 Å². The van der Waals surface area contributed by atoms with Crippen molar-refractivity contribution < 1.29 is 4.79 Å². The van der Waals surface area contributed by atoms with Gasteiger partial charge in [-0.1, -0.05) is 12.1 Å². The van der Waals surface area contributed by atoms with Gasteiger partial charge < -0.3 is 5.32 Å². The first-order chi connectivity index (χ1) is 9.51. The lowest BCUT2D eigenvalue weighted by Crippen LogP contribution is -2.32. The van der Waals surface area contributed by atoms with Gasteiger partial charge in [-0.25, -0.2) is 0 Å². The Kier molecular flexibility index (Phi) is 5.06. The Morgan fingerprint density at radius 2 is 1.85 bits per heavy atom. The molecule has 0 atom stereocenters. The Bertz CT molecular complexity index is 450. The third-order valence-electron chi connectivity index (χ3n) is 3.77. The molecule has 20 heavy (non-hydrogen) atoms. The van der Waals surface area contributed by atoms with Gasteiger partial charge in [0.2, 0.25) is 5.91 Å². The number of carbonyl (C=O) groups excluding carboxylic acids is 1. The molecule has 110 valence electrons. The van der Waals surface area contributed by atoms with Crippen molar-refractivity contribution in [2.45, 2.75) is 33.2 Å². The van der Waals surface area contributed by atoms with E-state index < -0.39 is 5.41 Å². The molecular weight excluding hydrogens is 272 g/mol. The summed E-state index contributed by atoms with van der Waals surface area (Å²) in [4.78, 5) is 14.5. The zero-order chi connectivity index (χ0) is 14.6. The number of hydrogen-bond acceptors (Lipinski definition) is 2. The number of amides is 1. The minimum atomic E-state index is -0.546. The van der Waals surface area contributed by atoms with Crippen LogP contribution in [0.5, 0.6) is 0 Å². The van der Waals surface area contributed by atoms with Gasteiger partial charge in [0, 0.05) is 18.1 Å². The van der Waals surface area contributed by atoms with E-state index in [4.69, 9.17) is 11.6 Å². The van der Waals surface area contributed by atoms with Crippen LogP contribution < -0.4 is 5.32 Å². The number of carbonyl (C=O) groups is 1. The van der Waals surface area contributed by atoms with Crippen LogP contribution in [0.1, 0.15) is 32.3 Å². The summed E-state index contributed by atoms with van der Waals surface area (Å²) in [5.74, 6) is 0.270. The fourth-order valence-electron chi connectivity index (χ4n) is 2.25. The first-order valence-corrected chi connectivity index (χ1v) is 7.73. The molecule has 1 aliphatic rings. The average molecular weight is 295 g/mol. The molecule has 0 spiro atoms. The Morgan fingerprint density at radius 1 is 1.25 bits per heavy atom. The number of benzene rings is 1. The molecule has 0 bridgehead atoms. The molecule has 0 unspecified atom stereocenters. The summed E-state index contributed by atoms with van der Waals surface area (Å²) >= 11 is 5.81. The van der Waals surface area contributed by atoms with E-state index in [9.17, 15) is 4.79 Å². The smallest absolute Gasteiger partial charge is 0.231 e. The number of alkyl halides is 1. The van der Waals surface area contributed by atoms with Crippen molar-refractivity contribution in [3.05, 3.63) is 29.8 Å². The molecule has 1 N–H and O–H groups in total. The van der Waals surface area contributed by atoms with E-state index in [0.717, 1.165) is 12.2 Å². The molecule has 3 nitrogen and oxygen atoms in total. The van der Waals surface area contributed by atoms with Crippen LogP contribution >= 0.6 is 11.6 Å². The molecule has 1 heterocycles. The van der Waals surface area contributed by atoms with Gasteiger partial charge in [-0.2, -0.15) is 0 Å². The van der Waals surface area contributed by atoms with Crippen molar-refractivity contribution in [2.75, 3.05) is 24.3 Å². The zero-order valence-corrected chi connectivity index (χ0v) is 13.0. The number of nitrogens with zero attached hydrogens (tertiary/aromatic N) is 1. The van der Waals surface area contributed by atoms with Crippen LogP contribution in [0.25, 0.3) is 0 Å². The molecule has 1 amide bonds. The van der Waals surface area contributed by atoms with Gasteiger partial charge in [0.15, 0.2) is 0 Å². The third-order valence-corrected chi connectivity index (χ3v) is 4.43. The monoisotopic (exact) mass is 294 g/mol. The second-order valence-corrected chi connectivity index (χ2v) is 6.42. The van der Waals surface area contributed by atoms with E-state index in [1.54, 1.807) is 0 Å². The summed E-state index contributed by atoms with van der Waals surface area (Å²) in [7, 11) is 0. The minimum absolute atomic E-state index is 0.0419. The van der Waals surface area contributed by atoms with Crippen LogP contribution in [0.3, 0.4) is 0 Å². The molecule has 1 aliphatic heterocycles. The summed E-state index contributed by atoms with van der Waals surface area (Å²) in [5.41, 5.74) is 1.58. The van der Waals surface area contributed by atoms with E-state index in [2.05, 4.69) is 22.3 Å². The molecule has 0 aromatic heterocycles. The van der Waals surface area contributed by atoms with E-state index in [0.29, 0.717) is 5.88 Å². The van der Waals surface area contributed by atoms with Gasteiger partial charge >= 0.3 is 0 Å². The van der Waals surface area contributed by atoms with Crippen molar-refractivity contribution in [1.29, 1.82) is 0 Å². The fourth-order valence-corrected chi connectivity index (χ4v) is 2.37. The van der Waals surface area contributed by atoms with Crippen LogP contribution in [0.4, 0.5) is 5.69 Å². The highest BCUT2D eigenvalue weighted by molar-refractivity contribution is 6.20. The van der Waals surface area contributed by atoms with Crippen molar-refractivity contribution in [1.82, 2.24) is 4.90 Å². The van der Waals surface area contributed by atoms with Crippen LogP contribution in [0.15, 0.2) is 24.3 Å². The molecule has 1 aromatic carbocycles. The lowest BCUT2D eigenvalue weighted by Gasteiger charge is -2.20. The highest BCUT2D eigenvalue weighted by Gasteiger charge is 2.26. The topological polar surface area (TPSA) is 32.3 Å². The molecule has 1 aromatic rings. The summed E-state index contributed by atoms with van der Waals surface area (Å²) in [6.07, 6.45) is 2.61. The van der Waals surface area contributed by atoms with Gasteiger partial charge in [-0.15, -0.1) is 11.6 Å². The van der Waals surface area contributed by atoms with Gasteiger partial charge in [-0.3, -0.25) is 9.69 Å². The molecular formula is C16H23ClN2O. The quantitative estimate of drug-likeness (QED) is 0.843.